The quantitative estimate of drug-likeness (QED) is 0.841. The Bertz CT molecular complexity index is 592. The number of hydrogen-bond donors (Lipinski definition) is 2. The van der Waals surface area contributed by atoms with E-state index in [1.54, 1.807) is 38.2 Å². The minimum Gasteiger partial charge on any atom is -0.496 e. The Labute approximate surface area is 149 Å². The molecule has 0 radical (unpaired) electrons. The van der Waals surface area contributed by atoms with Crippen LogP contribution in [0.25, 0.3) is 0 Å². The molecular weight excluding hydrogens is 332 g/mol. The number of benzene rings is 1. The van der Waals surface area contributed by atoms with Crippen LogP contribution in [0.5, 0.6) is 11.5 Å². The summed E-state index contributed by atoms with van der Waals surface area (Å²) in [5.41, 5.74) is 6.69. The van der Waals surface area contributed by atoms with Gasteiger partial charge in [0, 0.05) is 17.7 Å². The summed E-state index contributed by atoms with van der Waals surface area (Å²) >= 11 is 0. The van der Waals surface area contributed by atoms with E-state index >= 15 is 0 Å². The first-order valence-electron chi connectivity index (χ1n) is 7.85. The number of nitrogens with zero attached hydrogens (tertiary/aromatic N) is 1. The third kappa shape index (κ3) is 3.77. The molecule has 7 heteroatoms. The molecule has 24 heavy (non-hydrogen) atoms. The summed E-state index contributed by atoms with van der Waals surface area (Å²) in [4.78, 5) is 14.3. The van der Waals surface area contributed by atoms with Crippen molar-refractivity contribution in [1.82, 2.24) is 4.90 Å². The lowest BCUT2D eigenvalue weighted by molar-refractivity contribution is -0.139. The summed E-state index contributed by atoms with van der Waals surface area (Å²) < 4.78 is 10.7. The van der Waals surface area contributed by atoms with Crippen molar-refractivity contribution in [3.8, 4) is 11.5 Å². The number of methoxy groups -OCH3 is 2. The van der Waals surface area contributed by atoms with Crippen molar-refractivity contribution in [3.63, 3.8) is 0 Å². The van der Waals surface area contributed by atoms with E-state index in [0.29, 0.717) is 30.0 Å². The molecule has 136 valence electrons. The summed E-state index contributed by atoms with van der Waals surface area (Å²) in [6.07, 6.45) is 0.591. The number of fused-ring (bicyclic) bond motifs is 1. The number of β-amino-alcohol motifs (C(OH)–C–C–N with tert-alkyl or cyclic N) is 1. The third-order valence-corrected chi connectivity index (χ3v) is 4.33. The van der Waals surface area contributed by atoms with Gasteiger partial charge in [-0.3, -0.25) is 4.79 Å². The van der Waals surface area contributed by atoms with E-state index in [-0.39, 0.29) is 24.9 Å². The van der Waals surface area contributed by atoms with Gasteiger partial charge in [-0.15, -0.1) is 12.4 Å². The van der Waals surface area contributed by atoms with Crippen molar-refractivity contribution in [2.24, 2.45) is 5.73 Å². The van der Waals surface area contributed by atoms with Crippen molar-refractivity contribution >= 4 is 18.3 Å². The van der Waals surface area contributed by atoms with Crippen LogP contribution in [-0.2, 0) is 11.3 Å². The third-order valence-electron chi connectivity index (χ3n) is 4.33. The molecule has 0 bridgehead atoms. The monoisotopic (exact) mass is 358 g/mol. The zero-order valence-electron chi connectivity index (χ0n) is 14.7. The topological polar surface area (TPSA) is 85.0 Å². The van der Waals surface area contributed by atoms with Crippen LogP contribution in [0.1, 0.15) is 43.9 Å². The molecule has 0 aliphatic carbocycles. The largest absolute Gasteiger partial charge is 0.496 e. The average Bonchev–Trinajstić information content (AvgIpc) is 2.52. The summed E-state index contributed by atoms with van der Waals surface area (Å²) in [6.45, 7) is 4.28. The van der Waals surface area contributed by atoms with Crippen molar-refractivity contribution in [2.45, 2.75) is 44.9 Å². The van der Waals surface area contributed by atoms with E-state index in [0.717, 1.165) is 12.0 Å². The Morgan fingerprint density at radius 2 is 1.96 bits per heavy atom. The van der Waals surface area contributed by atoms with Gasteiger partial charge in [-0.05, 0) is 25.5 Å². The number of aliphatic hydroxyl groups is 1. The smallest absolute Gasteiger partial charge is 0.242 e. The maximum atomic E-state index is 12.7. The van der Waals surface area contributed by atoms with Crippen molar-refractivity contribution in [3.05, 3.63) is 23.3 Å². The van der Waals surface area contributed by atoms with Gasteiger partial charge >= 0.3 is 0 Å². The van der Waals surface area contributed by atoms with Crippen LogP contribution in [0.3, 0.4) is 0 Å². The second-order valence-corrected chi connectivity index (χ2v) is 6.23. The van der Waals surface area contributed by atoms with E-state index < -0.39 is 11.6 Å². The fraction of sp³-hybridized carbons (Fsp3) is 0.588. The minimum absolute atomic E-state index is 0. The van der Waals surface area contributed by atoms with Crippen LogP contribution in [0, 0.1) is 0 Å². The van der Waals surface area contributed by atoms with Gasteiger partial charge in [0.05, 0.1) is 26.3 Å². The van der Waals surface area contributed by atoms with Crippen LogP contribution in [0.4, 0.5) is 0 Å². The Hall–Kier alpha value is -1.50. The Balaban J connectivity index is 0.00000288. The number of rotatable bonds is 5. The molecule has 0 fully saturated rings. The molecule has 3 N–H and O–H groups in total. The van der Waals surface area contributed by atoms with Gasteiger partial charge in [0.2, 0.25) is 5.91 Å². The van der Waals surface area contributed by atoms with Crippen LogP contribution in [0.15, 0.2) is 12.1 Å². The van der Waals surface area contributed by atoms with E-state index in [4.69, 9.17) is 15.2 Å². The van der Waals surface area contributed by atoms with Gasteiger partial charge in [0.1, 0.15) is 17.6 Å². The highest BCUT2D eigenvalue weighted by Gasteiger charge is 2.37. The van der Waals surface area contributed by atoms with E-state index in [9.17, 15) is 9.90 Å². The van der Waals surface area contributed by atoms with E-state index in [2.05, 4.69) is 0 Å². The number of ether oxygens (including phenoxy) is 2. The number of halogens is 1. The molecule has 2 atom stereocenters. The molecular formula is C17H27ClN2O4. The molecule has 6 nitrogen and oxygen atoms in total. The molecule has 1 aliphatic heterocycles. The normalized spacial score (nSPS) is 18.9. The summed E-state index contributed by atoms with van der Waals surface area (Å²) in [5.74, 6) is 1.07. The standard InChI is InChI=1S/C17H26N2O4.ClH/c1-5-8-17(2,18)16(21)19-9-11-13(22-3)6-7-14(23-4)15(11)12(20)10-19;/h6-7,12,20H,5,8-10,18H2,1-4H3;1H. The average molecular weight is 359 g/mol. The van der Waals surface area contributed by atoms with E-state index in [1.807, 2.05) is 6.92 Å². The first-order valence-corrected chi connectivity index (χ1v) is 7.85. The molecule has 1 aromatic rings. The van der Waals surface area contributed by atoms with E-state index in [1.165, 1.54) is 0 Å². The van der Waals surface area contributed by atoms with Crippen LogP contribution in [0.2, 0.25) is 0 Å². The van der Waals surface area contributed by atoms with Crippen molar-refractivity contribution in [1.29, 1.82) is 0 Å². The van der Waals surface area contributed by atoms with Crippen molar-refractivity contribution < 1.29 is 19.4 Å². The summed E-state index contributed by atoms with van der Waals surface area (Å²) in [7, 11) is 3.13. The fourth-order valence-corrected chi connectivity index (χ4v) is 3.22. The van der Waals surface area contributed by atoms with Gasteiger partial charge in [-0.1, -0.05) is 13.3 Å². The molecule has 1 amide bonds. The number of aliphatic hydroxyl groups excluding tert-OH is 1. The number of carbonyl (C=O) groups excluding carboxylic acids is 1. The SMILES string of the molecule is CCCC(C)(N)C(=O)N1Cc2c(OC)ccc(OC)c2C(O)C1.Cl. The lowest BCUT2D eigenvalue weighted by Crippen LogP contribution is -2.54. The molecule has 2 rings (SSSR count). The molecule has 1 aromatic carbocycles. The maximum absolute atomic E-state index is 12.7. The zero-order valence-corrected chi connectivity index (χ0v) is 15.5. The lowest BCUT2D eigenvalue weighted by atomic mass is 9.91. The van der Waals surface area contributed by atoms with Crippen LogP contribution < -0.4 is 15.2 Å². The Kier molecular flexibility index (Phi) is 6.89. The minimum atomic E-state index is -0.932. The predicted octanol–water partition coefficient (Wildman–Crippen LogP) is 2.02. The van der Waals surface area contributed by atoms with Gasteiger partial charge in [0.25, 0.3) is 0 Å². The Morgan fingerprint density at radius 3 is 2.50 bits per heavy atom. The van der Waals surface area contributed by atoms with Gasteiger partial charge in [-0.25, -0.2) is 0 Å². The maximum Gasteiger partial charge on any atom is 0.242 e. The van der Waals surface area contributed by atoms with Crippen molar-refractivity contribution in [2.75, 3.05) is 20.8 Å². The Morgan fingerprint density at radius 1 is 1.38 bits per heavy atom. The summed E-state index contributed by atoms with van der Waals surface area (Å²) in [5, 5.41) is 10.5. The first-order chi connectivity index (χ1) is 10.9. The second kappa shape index (κ2) is 8.05. The van der Waals surface area contributed by atoms with Crippen LogP contribution in [-0.4, -0.2) is 42.2 Å². The number of nitrogens with two attached hydrogens (primary N) is 1. The molecule has 1 heterocycles. The zero-order chi connectivity index (χ0) is 17.2. The first kappa shape index (κ1) is 20.5. The number of carbonyl (C=O) groups is 1. The number of amides is 1. The molecule has 2 unspecified atom stereocenters. The highest BCUT2D eigenvalue weighted by atomic mass is 35.5. The fourth-order valence-electron chi connectivity index (χ4n) is 3.22. The lowest BCUT2D eigenvalue weighted by Gasteiger charge is -2.38. The second-order valence-electron chi connectivity index (χ2n) is 6.23. The number of hydrogen-bond acceptors (Lipinski definition) is 5. The molecule has 0 saturated heterocycles. The summed E-state index contributed by atoms with van der Waals surface area (Å²) in [6, 6.07) is 3.55. The van der Waals surface area contributed by atoms with Crippen LogP contribution >= 0.6 is 12.4 Å². The highest BCUT2D eigenvalue weighted by Crippen LogP contribution is 2.39. The predicted molar refractivity (Wildman–Crippen MR) is 94.7 cm³/mol. The molecule has 1 aliphatic rings. The van der Waals surface area contributed by atoms with Gasteiger partial charge in [-0.2, -0.15) is 0 Å². The van der Waals surface area contributed by atoms with Gasteiger partial charge < -0.3 is 25.2 Å². The molecule has 0 spiro atoms. The molecule has 0 saturated carbocycles. The highest BCUT2D eigenvalue weighted by molar-refractivity contribution is 5.86. The van der Waals surface area contributed by atoms with Gasteiger partial charge in [0.15, 0.2) is 0 Å². The molecule has 0 aromatic heterocycles.